The average molecular weight is 290 g/mol. The van der Waals surface area contributed by atoms with E-state index in [0.29, 0.717) is 31.9 Å². The number of nitrogens with zero attached hydrogens (tertiary/aromatic N) is 4. The summed E-state index contributed by atoms with van der Waals surface area (Å²) >= 11 is 0. The van der Waals surface area contributed by atoms with Crippen LogP contribution in [0.3, 0.4) is 0 Å². The van der Waals surface area contributed by atoms with Gasteiger partial charge in [-0.3, -0.25) is 14.6 Å². The first-order chi connectivity index (χ1) is 10.1. The van der Waals surface area contributed by atoms with E-state index in [1.807, 2.05) is 0 Å². The van der Waals surface area contributed by atoms with Gasteiger partial charge in [0.2, 0.25) is 5.91 Å². The van der Waals surface area contributed by atoms with E-state index in [1.165, 1.54) is 25.5 Å². The van der Waals surface area contributed by atoms with Gasteiger partial charge in [-0.2, -0.15) is 0 Å². The highest BCUT2D eigenvalue weighted by molar-refractivity contribution is 5.92. The second kappa shape index (κ2) is 6.92. The number of piperazine rings is 1. The third-order valence-electron chi connectivity index (χ3n) is 3.39. The van der Waals surface area contributed by atoms with Crippen LogP contribution >= 0.6 is 0 Å². The first-order valence-corrected chi connectivity index (χ1v) is 6.90. The van der Waals surface area contributed by atoms with Crippen LogP contribution in [0.5, 0.6) is 0 Å². The lowest BCUT2D eigenvalue weighted by Crippen LogP contribution is -2.50. The predicted molar refractivity (Wildman–Crippen MR) is 74.4 cm³/mol. The van der Waals surface area contributed by atoms with Gasteiger partial charge in [0.05, 0.1) is 6.20 Å². The van der Waals surface area contributed by atoms with E-state index in [1.54, 1.807) is 9.80 Å². The summed E-state index contributed by atoms with van der Waals surface area (Å²) in [7, 11) is 0. The minimum Gasteiger partial charge on any atom is -0.339 e. The number of carbonyl (C=O) groups is 3. The largest absolute Gasteiger partial charge is 0.339 e. The van der Waals surface area contributed by atoms with Crippen molar-refractivity contribution in [2.75, 3.05) is 26.2 Å². The lowest BCUT2D eigenvalue weighted by atomic mass is 10.2. The molecule has 0 spiro atoms. The van der Waals surface area contributed by atoms with Crippen molar-refractivity contribution >= 4 is 17.6 Å². The lowest BCUT2D eigenvalue weighted by molar-refractivity contribution is -0.134. The Morgan fingerprint density at radius 3 is 2.29 bits per heavy atom. The Morgan fingerprint density at radius 1 is 1.05 bits per heavy atom. The van der Waals surface area contributed by atoms with Crippen molar-refractivity contribution in [1.82, 2.24) is 19.8 Å². The first-order valence-electron chi connectivity index (χ1n) is 6.90. The highest BCUT2D eigenvalue weighted by Gasteiger charge is 2.25. The highest BCUT2D eigenvalue weighted by atomic mass is 16.2. The summed E-state index contributed by atoms with van der Waals surface area (Å²) in [5.41, 5.74) is 0.314. The fourth-order valence-corrected chi connectivity index (χ4v) is 2.17. The van der Waals surface area contributed by atoms with Crippen LogP contribution < -0.4 is 0 Å². The summed E-state index contributed by atoms with van der Waals surface area (Å²) in [4.78, 5) is 46.2. The smallest absolute Gasteiger partial charge is 0.274 e. The molecule has 21 heavy (non-hydrogen) atoms. The molecule has 0 aliphatic carbocycles. The van der Waals surface area contributed by atoms with E-state index in [9.17, 15) is 14.4 Å². The SMILES string of the molecule is CC(=O)CCC(=O)N1CCN(C(=O)c2cnccn2)CC1. The molecule has 1 fully saturated rings. The monoisotopic (exact) mass is 290 g/mol. The predicted octanol–water partition coefficient (Wildman–Crippen LogP) is 0.130. The Kier molecular flexibility index (Phi) is 4.97. The van der Waals surface area contributed by atoms with E-state index in [-0.39, 0.29) is 30.4 Å². The molecule has 2 amide bonds. The topological polar surface area (TPSA) is 83.5 Å². The van der Waals surface area contributed by atoms with Crippen LogP contribution in [-0.2, 0) is 9.59 Å². The third-order valence-corrected chi connectivity index (χ3v) is 3.39. The molecule has 2 heterocycles. The molecular weight excluding hydrogens is 272 g/mol. The van der Waals surface area contributed by atoms with E-state index in [0.717, 1.165) is 0 Å². The van der Waals surface area contributed by atoms with Gasteiger partial charge >= 0.3 is 0 Å². The van der Waals surface area contributed by atoms with Crippen molar-refractivity contribution in [3.63, 3.8) is 0 Å². The number of ketones is 1. The van der Waals surface area contributed by atoms with Crippen LogP contribution in [0.4, 0.5) is 0 Å². The van der Waals surface area contributed by atoms with E-state index in [2.05, 4.69) is 9.97 Å². The number of hydrogen-bond acceptors (Lipinski definition) is 5. The van der Waals surface area contributed by atoms with Crippen LogP contribution in [0, 0.1) is 0 Å². The molecule has 0 unspecified atom stereocenters. The van der Waals surface area contributed by atoms with Gasteiger partial charge in [-0.15, -0.1) is 0 Å². The minimum absolute atomic E-state index is 0.0137. The quantitative estimate of drug-likeness (QED) is 0.787. The van der Waals surface area contributed by atoms with Gasteiger partial charge in [0, 0.05) is 51.4 Å². The third kappa shape index (κ3) is 4.08. The Labute approximate surface area is 123 Å². The van der Waals surface area contributed by atoms with Crippen molar-refractivity contribution < 1.29 is 14.4 Å². The molecule has 1 aromatic heterocycles. The molecule has 0 N–H and O–H groups in total. The molecule has 0 bridgehead atoms. The molecular formula is C14H18N4O3. The van der Waals surface area contributed by atoms with Crippen molar-refractivity contribution in [3.05, 3.63) is 24.3 Å². The maximum Gasteiger partial charge on any atom is 0.274 e. The summed E-state index contributed by atoms with van der Waals surface area (Å²) in [6, 6.07) is 0. The van der Waals surface area contributed by atoms with Gasteiger partial charge in [-0.25, -0.2) is 4.98 Å². The summed E-state index contributed by atoms with van der Waals surface area (Å²) in [6.45, 7) is 3.40. The molecule has 2 rings (SSSR count). The van der Waals surface area contributed by atoms with E-state index in [4.69, 9.17) is 0 Å². The summed E-state index contributed by atoms with van der Waals surface area (Å²) in [5, 5.41) is 0. The van der Waals surface area contributed by atoms with Crippen LogP contribution in [0.1, 0.15) is 30.3 Å². The molecule has 0 aromatic carbocycles. The van der Waals surface area contributed by atoms with E-state index < -0.39 is 0 Å². The number of Topliss-reactive ketones (excluding diaryl/α,β-unsaturated/α-hetero) is 1. The molecule has 1 aliphatic rings. The molecule has 112 valence electrons. The summed E-state index contributed by atoms with van der Waals surface area (Å²) < 4.78 is 0. The van der Waals surface area contributed by atoms with Crippen molar-refractivity contribution in [3.8, 4) is 0 Å². The Balaban J connectivity index is 1.84. The van der Waals surface area contributed by atoms with Crippen LogP contribution in [-0.4, -0.2) is 63.5 Å². The average Bonchev–Trinajstić information content (AvgIpc) is 2.53. The molecule has 0 radical (unpaired) electrons. The normalized spacial score (nSPS) is 14.9. The number of amides is 2. The summed E-state index contributed by atoms with van der Waals surface area (Å²) in [5.74, 6) is -0.185. The second-order valence-corrected chi connectivity index (χ2v) is 4.97. The molecule has 1 aliphatic heterocycles. The molecule has 7 nitrogen and oxygen atoms in total. The van der Waals surface area contributed by atoms with Crippen molar-refractivity contribution in [2.24, 2.45) is 0 Å². The van der Waals surface area contributed by atoms with Gasteiger partial charge in [-0.1, -0.05) is 0 Å². The number of aromatic nitrogens is 2. The second-order valence-electron chi connectivity index (χ2n) is 4.97. The van der Waals surface area contributed by atoms with Gasteiger partial charge in [0.1, 0.15) is 11.5 Å². The Bertz CT molecular complexity index is 524. The lowest BCUT2D eigenvalue weighted by Gasteiger charge is -2.34. The standard InChI is InChI=1S/C14H18N4O3/c1-11(19)2-3-13(20)17-6-8-18(9-7-17)14(21)12-10-15-4-5-16-12/h4-5,10H,2-3,6-9H2,1H3. The fraction of sp³-hybridized carbons (Fsp3) is 0.500. The van der Waals surface area contributed by atoms with Crippen molar-refractivity contribution in [1.29, 1.82) is 0 Å². The number of hydrogen-bond donors (Lipinski definition) is 0. The molecule has 7 heteroatoms. The van der Waals surface area contributed by atoms with E-state index >= 15 is 0 Å². The summed E-state index contributed by atoms with van der Waals surface area (Å²) in [6.07, 6.45) is 4.95. The molecule has 1 aromatic rings. The first kappa shape index (κ1) is 15.1. The molecule has 0 atom stereocenters. The highest BCUT2D eigenvalue weighted by Crippen LogP contribution is 2.08. The van der Waals surface area contributed by atoms with Gasteiger partial charge < -0.3 is 14.6 Å². The minimum atomic E-state index is -0.168. The van der Waals surface area contributed by atoms with Crippen LogP contribution in [0.2, 0.25) is 0 Å². The Hall–Kier alpha value is -2.31. The Morgan fingerprint density at radius 2 is 1.71 bits per heavy atom. The van der Waals surface area contributed by atoms with Gasteiger partial charge in [0.25, 0.3) is 5.91 Å². The molecule has 1 saturated heterocycles. The zero-order valence-corrected chi connectivity index (χ0v) is 12.0. The zero-order valence-electron chi connectivity index (χ0n) is 12.0. The number of carbonyl (C=O) groups excluding carboxylic acids is 3. The zero-order chi connectivity index (χ0) is 15.2. The molecule has 0 saturated carbocycles. The van der Waals surface area contributed by atoms with Crippen molar-refractivity contribution in [2.45, 2.75) is 19.8 Å². The van der Waals surface area contributed by atoms with Crippen LogP contribution in [0.15, 0.2) is 18.6 Å². The van der Waals surface area contributed by atoms with Gasteiger partial charge in [-0.05, 0) is 6.92 Å². The van der Waals surface area contributed by atoms with Gasteiger partial charge in [0.15, 0.2) is 0 Å². The number of rotatable bonds is 4. The maximum atomic E-state index is 12.2. The van der Waals surface area contributed by atoms with Crippen LogP contribution in [0.25, 0.3) is 0 Å². The maximum absolute atomic E-state index is 12.2. The fourth-order valence-electron chi connectivity index (χ4n) is 2.17.